The van der Waals surface area contributed by atoms with Gasteiger partial charge in [-0.1, -0.05) is 35.3 Å². The number of hydrogen-bond donors (Lipinski definition) is 1. The zero-order chi connectivity index (χ0) is 18.0. The first kappa shape index (κ1) is 17.6. The average Bonchev–Trinajstić information content (AvgIpc) is 2.84. The number of amides is 2. The number of nitrogens with one attached hydrogen (secondary N) is 1. The minimum atomic E-state index is -0.646. The Labute approximate surface area is 155 Å². The standard InChI is InChI=1S/C18H16Cl2N2O3/c1-25-16-7-6-13(20)8-14(16)21-15-9-17(23)22(18(15)24)10-11-2-4-12(19)5-3-11/h2-8,15,21H,9-10H2,1H3/t15-/m1/s1. The first-order valence-corrected chi connectivity index (χ1v) is 8.42. The summed E-state index contributed by atoms with van der Waals surface area (Å²) in [6.07, 6.45) is 0.0854. The number of imide groups is 1. The maximum absolute atomic E-state index is 12.6. The lowest BCUT2D eigenvalue weighted by molar-refractivity contribution is -0.139. The normalized spacial score (nSPS) is 17.1. The van der Waals surface area contributed by atoms with E-state index < -0.39 is 6.04 Å². The van der Waals surface area contributed by atoms with Crippen LogP contribution in [0.1, 0.15) is 12.0 Å². The molecular weight excluding hydrogens is 363 g/mol. The van der Waals surface area contributed by atoms with Crippen LogP contribution in [0.2, 0.25) is 10.0 Å². The molecule has 25 heavy (non-hydrogen) atoms. The first-order chi connectivity index (χ1) is 12.0. The van der Waals surface area contributed by atoms with E-state index in [1.165, 1.54) is 12.0 Å². The highest BCUT2D eigenvalue weighted by Crippen LogP contribution is 2.30. The molecule has 1 N–H and O–H groups in total. The summed E-state index contributed by atoms with van der Waals surface area (Å²) in [7, 11) is 1.53. The molecule has 1 aliphatic heterocycles. The summed E-state index contributed by atoms with van der Waals surface area (Å²) in [5, 5.41) is 4.18. The molecule has 1 aliphatic rings. The maximum atomic E-state index is 12.6. The summed E-state index contributed by atoms with van der Waals surface area (Å²) in [5.41, 5.74) is 1.42. The second-order valence-corrected chi connectivity index (χ2v) is 6.56. The molecule has 2 amide bonds. The number of benzene rings is 2. The van der Waals surface area contributed by atoms with Crippen molar-refractivity contribution in [1.29, 1.82) is 0 Å². The molecule has 0 aliphatic carbocycles. The summed E-state index contributed by atoms with van der Waals surface area (Å²) in [4.78, 5) is 26.1. The highest BCUT2D eigenvalue weighted by Gasteiger charge is 2.38. The number of halogens is 2. The molecule has 0 bridgehead atoms. The maximum Gasteiger partial charge on any atom is 0.252 e. The number of ether oxygens (including phenoxy) is 1. The fraction of sp³-hybridized carbons (Fsp3) is 0.222. The number of methoxy groups -OCH3 is 1. The Balaban J connectivity index is 1.75. The Bertz CT molecular complexity index is 808. The van der Waals surface area contributed by atoms with E-state index in [0.717, 1.165) is 5.56 Å². The van der Waals surface area contributed by atoms with Crippen LogP contribution in [0.5, 0.6) is 5.75 Å². The van der Waals surface area contributed by atoms with Gasteiger partial charge in [0.2, 0.25) is 5.91 Å². The molecule has 1 fully saturated rings. The molecule has 0 unspecified atom stereocenters. The lowest BCUT2D eigenvalue weighted by atomic mass is 10.2. The van der Waals surface area contributed by atoms with Crippen molar-refractivity contribution in [3.63, 3.8) is 0 Å². The van der Waals surface area contributed by atoms with E-state index >= 15 is 0 Å². The van der Waals surface area contributed by atoms with E-state index in [0.29, 0.717) is 21.5 Å². The van der Waals surface area contributed by atoms with E-state index in [1.54, 1.807) is 42.5 Å². The van der Waals surface area contributed by atoms with Crippen LogP contribution in [0.25, 0.3) is 0 Å². The predicted octanol–water partition coefficient (Wildman–Crippen LogP) is 3.74. The van der Waals surface area contributed by atoms with Crippen molar-refractivity contribution in [3.05, 3.63) is 58.1 Å². The van der Waals surface area contributed by atoms with Crippen molar-refractivity contribution in [2.75, 3.05) is 12.4 Å². The molecule has 3 rings (SSSR count). The van der Waals surface area contributed by atoms with Crippen LogP contribution in [0.3, 0.4) is 0 Å². The SMILES string of the molecule is COc1ccc(Cl)cc1N[C@@H]1CC(=O)N(Cc2ccc(Cl)cc2)C1=O. The third-order valence-corrected chi connectivity index (χ3v) is 4.48. The van der Waals surface area contributed by atoms with Gasteiger partial charge < -0.3 is 10.1 Å². The number of hydrogen-bond acceptors (Lipinski definition) is 4. The largest absolute Gasteiger partial charge is 0.495 e. The van der Waals surface area contributed by atoms with Gasteiger partial charge in [0.1, 0.15) is 11.8 Å². The highest BCUT2D eigenvalue weighted by atomic mass is 35.5. The molecule has 1 saturated heterocycles. The lowest BCUT2D eigenvalue weighted by Crippen LogP contribution is -2.34. The second-order valence-electron chi connectivity index (χ2n) is 5.69. The molecule has 130 valence electrons. The molecular formula is C18H16Cl2N2O3. The Morgan fingerprint density at radius 3 is 2.48 bits per heavy atom. The van der Waals surface area contributed by atoms with Crippen LogP contribution in [0.4, 0.5) is 5.69 Å². The van der Waals surface area contributed by atoms with Crippen molar-refractivity contribution in [2.24, 2.45) is 0 Å². The van der Waals surface area contributed by atoms with E-state index in [1.807, 2.05) is 0 Å². The zero-order valence-corrected chi connectivity index (χ0v) is 15.0. The van der Waals surface area contributed by atoms with E-state index in [-0.39, 0.29) is 24.8 Å². The third kappa shape index (κ3) is 3.89. The second kappa shape index (κ2) is 7.33. The summed E-state index contributed by atoms with van der Waals surface area (Å²) in [6.45, 7) is 0.222. The van der Waals surface area contributed by atoms with Gasteiger partial charge in [0.25, 0.3) is 5.91 Å². The fourth-order valence-electron chi connectivity index (χ4n) is 2.72. The Hall–Kier alpha value is -2.24. The Morgan fingerprint density at radius 2 is 1.80 bits per heavy atom. The smallest absolute Gasteiger partial charge is 0.252 e. The topological polar surface area (TPSA) is 58.6 Å². The quantitative estimate of drug-likeness (QED) is 0.805. The van der Waals surface area contributed by atoms with Gasteiger partial charge >= 0.3 is 0 Å². The molecule has 0 radical (unpaired) electrons. The first-order valence-electron chi connectivity index (χ1n) is 7.66. The molecule has 0 aromatic heterocycles. The van der Waals surface area contributed by atoms with Gasteiger partial charge in [-0.05, 0) is 35.9 Å². The Morgan fingerprint density at radius 1 is 1.12 bits per heavy atom. The third-order valence-electron chi connectivity index (χ3n) is 3.99. The van der Waals surface area contributed by atoms with Gasteiger partial charge in [-0.25, -0.2) is 0 Å². The van der Waals surface area contributed by atoms with Crippen LogP contribution in [-0.2, 0) is 16.1 Å². The van der Waals surface area contributed by atoms with E-state index in [9.17, 15) is 9.59 Å². The monoisotopic (exact) mass is 378 g/mol. The van der Waals surface area contributed by atoms with Crippen LogP contribution < -0.4 is 10.1 Å². The summed E-state index contributed by atoms with van der Waals surface area (Å²) in [5.74, 6) is 0.0567. The molecule has 1 heterocycles. The van der Waals surface area contributed by atoms with E-state index in [2.05, 4.69) is 5.32 Å². The Kier molecular flexibility index (Phi) is 5.16. The number of rotatable bonds is 5. The van der Waals surface area contributed by atoms with Crippen LogP contribution in [0, 0.1) is 0 Å². The van der Waals surface area contributed by atoms with Gasteiger partial charge in [-0.15, -0.1) is 0 Å². The van der Waals surface area contributed by atoms with Gasteiger partial charge in [0.05, 0.1) is 25.8 Å². The van der Waals surface area contributed by atoms with Gasteiger partial charge in [-0.3, -0.25) is 14.5 Å². The van der Waals surface area contributed by atoms with Crippen molar-refractivity contribution in [1.82, 2.24) is 4.90 Å². The van der Waals surface area contributed by atoms with Crippen molar-refractivity contribution < 1.29 is 14.3 Å². The summed E-state index contributed by atoms with van der Waals surface area (Å²) >= 11 is 11.9. The van der Waals surface area contributed by atoms with Gasteiger partial charge in [0, 0.05) is 10.0 Å². The molecule has 5 nitrogen and oxygen atoms in total. The summed E-state index contributed by atoms with van der Waals surface area (Å²) < 4.78 is 5.26. The molecule has 0 spiro atoms. The van der Waals surface area contributed by atoms with Crippen LogP contribution in [0.15, 0.2) is 42.5 Å². The number of carbonyl (C=O) groups is 2. The minimum Gasteiger partial charge on any atom is -0.495 e. The van der Waals surface area contributed by atoms with Crippen LogP contribution in [-0.4, -0.2) is 29.9 Å². The van der Waals surface area contributed by atoms with Crippen molar-refractivity contribution in [2.45, 2.75) is 19.0 Å². The van der Waals surface area contributed by atoms with Crippen molar-refractivity contribution >= 4 is 40.7 Å². The van der Waals surface area contributed by atoms with E-state index in [4.69, 9.17) is 27.9 Å². The highest BCUT2D eigenvalue weighted by molar-refractivity contribution is 6.31. The molecule has 2 aromatic rings. The number of likely N-dealkylation sites (tertiary alicyclic amines) is 1. The zero-order valence-electron chi connectivity index (χ0n) is 13.5. The summed E-state index contributed by atoms with van der Waals surface area (Å²) in [6, 6.07) is 11.5. The number of anilines is 1. The molecule has 2 aromatic carbocycles. The number of carbonyl (C=O) groups excluding carboxylic acids is 2. The predicted molar refractivity (Wildman–Crippen MR) is 97.0 cm³/mol. The van der Waals surface area contributed by atoms with Gasteiger partial charge in [0.15, 0.2) is 0 Å². The number of nitrogens with zero attached hydrogens (tertiary/aromatic N) is 1. The molecule has 1 atom stereocenters. The molecule has 0 saturated carbocycles. The molecule has 7 heteroatoms. The minimum absolute atomic E-state index is 0.0854. The fourth-order valence-corrected chi connectivity index (χ4v) is 3.01. The lowest BCUT2D eigenvalue weighted by Gasteiger charge is -2.17. The van der Waals surface area contributed by atoms with Crippen LogP contribution >= 0.6 is 23.2 Å². The van der Waals surface area contributed by atoms with Gasteiger partial charge in [-0.2, -0.15) is 0 Å². The van der Waals surface area contributed by atoms with Crippen molar-refractivity contribution in [3.8, 4) is 5.75 Å². The average molecular weight is 379 g/mol.